The van der Waals surface area contributed by atoms with Crippen LogP contribution in [0.4, 0.5) is 4.39 Å². The van der Waals surface area contributed by atoms with Crippen molar-refractivity contribution >= 4 is 5.91 Å². The number of piperidine rings is 1. The summed E-state index contributed by atoms with van der Waals surface area (Å²) in [6.07, 6.45) is 2.35. The first-order chi connectivity index (χ1) is 11.1. The largest absolute Gasteiger partial charge is 0.370 e. The molecule has 7 heteroatoms. The van der Waals surface area contributed by atoms with Crippen LogP contribution in [0.25, 0.3) is 11.4 Å². The highest BCUT2D eigenvalue weighted by Crippen LogP contribution is 2.22. The number of primary amides is 1. The van der Waals surface area contributed by atoms with Gasteiger partial charge in [-0.1, -0.05) is 5.16 Å². The van der Waals surface area contributed by atoms with E-state index in [0.29, 0.717) is 30.6 Å². The molecular formula is C16H19FN4O2. The Hall–Kier alpha value is -2.28. The number of carbonyl (C=O) groups excluding carboxylic acids is 1. The molecule has 1 saturated heterocycles. The van der Waals surface area contributed by atoms with E-state index in [0.717, 1.165) is 31.5 Å². The Balaban J connectivity index is 1.56. The minimum Gasteiger partial charge on any atom is -0.370 e. The van der Waals surface area contributed by atoms with E-state index in [9.17, 15) is 9.18 Å². The number of nitrogens with two attached hydrogens (primary N) is 1. The van der Waals surface area contributed by atoms with E-state index in [1.165, 1.54) is 12.1 Å². The highest BCUT2D eigenvalue weighted by Gasteiger charge is 2.22. The number of hydrogen-bond donors (Lipinski definition) is 1. The van der Waals surface area contributed by atoms with E-state index in [2.05, 4.69) is 15.0 Å². The molecule has 0 aliphatic carbocycles. The van der Waals surface area contributed by atoms with Crippen LogP contribution in [-0.4, -0.2) is 34.0 Å². The summed E-state index contributed by atoms with van der Waals surface area (Å²) in [6.45, 7) is 2.34. The molecule has 1 aliphatic heterocycles. The zero-order valence-electron chi connectivity index (χ0n) is 12.7. The zero-order valence-corrected chi connectivity index (χ0v) is 12.7. The fraction of sp³-hybridized carbons (Fsp3) is 0.438. The van der Waals surface area contributed by atoms with Gasteiger partial charge in [0.05, 0.1) is 6.54 Å². The van der Waals surface area contributed by atoms with Gasteiger partial charge in [0.2, 0.25) is 17.6 Å². The molecule has 1 amide bonds. The number of hydrogen-bond acceptors (Lipinski definition) is 5. The molecule has 3 rings (SSSR count). The van der Waals surface area contributed by atoms with Gasteiger partial charge in [-0.3, -0.25) is 9.69 Å². The highest BCUT2D eigenvalue weighted by molar-refractivity contribution is 5.73. The van der Waals surface area contributed by atoms with Crippen molar-refractivity contribution in [1.82, 2.24) is 15.0 Å². The van der Waals surface area contributed by atoms with Gasteiger partial charge in [0.15, 0.2) is 0 Å². The second-order valence-corrected chi connectivity index (χ2v) is 5.91. The van der Waals surface area contributed by atoms with Gasteiger partial charge < -0.3 is 10.3 Å². The van der Waals surface area contributed by atoms with Crippen LogP contribution in [0.15, 0.2) is 28.8 Å². The van der Waals surface area contributed by atoms with E-state index >= 15 is 0 Å². The van der Waals surface area contributed by atoms with Crippen molar-refractivity contribution in [3.63, 3.8) is 0 Å². The molecule has 2 heterocycles. The molecule has 1 aromatic heterocycles. The van der Waals surface area contributed by atoms with E-state index in [1.54, 1.807) is 12.1 Å². The fourth-order valence-corrected chi connectivity index (χ4v) is 2.86. The predicted molar refractivity (Wildman–Crippen MR) is 81.5 cm³/mol. The number of rotatable bonds is 5. The van der Waals surface area contributed by atoms with Crippen LogP contribution < -0.4 is 5.73 Å². The lowest BCUT2D eigenvalue weighted by molar-refractivity contribution is -0.119. The summed E-state index contributed by atoms with van der Waals surface area (Å²) >= 11 is 0. The van der Waals surface area contributed by atoms with Gasteiger partial charge in [0.25, 0.3) is 0 Å². The summed E-state index contributed by atoms with van der Waals surface area (Å²) in [5.41, 5.74) is 5.96. The third-order valence-corrected chi connectivity index (χ3v) is 4.13. The Bertz CT molecular complexity index is 663. The lowest BCUT2D eigenvalue weighted by Gasteiger charge is -2.30. The number of aromatic nitrogens is 2. The van der Waals surface area contributed by atoms with Gasteiger partial charge >= 0.3 is 0 Å². The summed E-state index contributed by atoms with van der Waals surface area (Å²) in [5, 5.41) is 3.94. The van der Waals surface area contributed by atoms with Crippen molar-refractivity contribution < 1.29 is 13.7 Å². The van der Waals surface area contributed by atoms with Gasteiger partial charge in [-0.2, -0.15) is 4.98 Å². The second-order valence-electron chi connectivity index (χ2n) is 5.91. The Morgan fingerprint density at radius 3 is 2.65 bits per heavy atom. The molecule has 122 valence electrons. The van der Waals surface area contributed by atoms with Crippen LogP contribution >= 0.6 is 0 Å². The van der Waals surface area contributed by atoms with Gasteiger partial charge in [-0.25, -0.2) is 4.39 Å². The fourth-order valence-electron chi connectivity index (χ4n) is 2.86. The topological polar surface area (TPSA) is 85.3 Å². The lowest BCUT2D eigenvalue weighted by Crippen LogP contribution is -2.34. The van der Waals surface area contributed by atoms with E-state index in [-0.39, 0.29) is 11.7 Å². The minimum atomic E-state index is -0.295. The maximum Gasteiger partial charge on any atom is 0.241 e. The van der Waals surface area contributed by atoms with Gasteiger partial charge in [0.1, 0.15) is 5.82 Å². The van der Waals surface area contributed by atoms with Crippen LogP contribution in [0, 0.1) is 11.7 Å². The average Bonchev–Trinajstić information content (AvgIpc) is 2.98. The average molecular weight is 318 g/mol. The Kier molecular flexibility index (Phi) is 4.66. The van der Waals surface area contributed by atoms with E-state index in [4.69, 9.17) is 10.3 Å². The van der Waals surface area contributed by atoms with Crippen LogP contribution in [0.1, 0.15) is 25.2 Å². The molecule has 1 aliphatic rings. The minimum absolute atomic E-state index is 0.232. The number of amides is 1. The van der Waals surface area contributed by atoms with E-state index in [1.807, 2.05) is 0 Å². The zero-order chi connectivity index (χ0) is 16.2. The first-order valence-corrected chi connectivity index (χ1v) is 7.69. The summed E-state index contributed by atoms with van der Waals surface area (Å²) in [6, 6.07) is 5.99. The molecule has 1 aromatic carbocycles. The molecule has 2 aromatic rings. The smallest absolute Gasteiger partial charge is 0.241 e. The van der Waals surface area contributed by atoms with Crippen LogP contribution in [0.5, 0.6) is 0 Å². The number of benzene rings is 1. The normalized spacial score (nSPS) is 16.6. The molecule has 0 saturated carbocycles. The quantitative estimate of drug-likeness (QED) is 0.911. The summed E-state index contributed by atoms with van der Waals surface area (Å²) in [5.74, 6) is 0.850. The first kappa shape index (κ1) is 15.6. The van der Waals surface area contributed by atoms with Crippen molar-refractivity contribution in [2.45, 2.75) is 25.8 Å². The van der Waals surface area contributed by atoms with Gasteiger partial charge in [-0.05, 0) is 56.1 Å². The van der Waals surface area contributed by atoms with Crippen molar-refractivity contribution in [1.29, 1.82) is 0 Å². The Morgan fingerprint density at radius 1 is 1.30 bits per heavy atom. The molecule has 1 fully saturated rings. The van der Waals surface area contributed by atoms with Crippen LogP contribution in [-0.2, 0) is 11.3 Å². The monoisotopic (exact) mass is 318 g/mol. The molecule has 0 atom stereocenters. The molecule has 0 radical (unpaired) electrons. The van der Waals surface area contributed by atoms with Gasteiger partial charge in [0, 0.05) is 12.0 Å². The standard InChI is InChI=1S/C16H19FN4O2/c17-13-3-1-12(2-4-13)16-19-15(23-20-16)10-21-7-5-11(6-8-21)9-14(18)22/h1-4,11H,5-10H2,(H2,18,22). The maximum atomic E-state index is 12.9. The summed E-state index contributed by atoms with van der Waals surface area (Å²) in [4.78, 5) is 17.5. The third-order valence-electron chi connectivity index (χ3n) is 4.13. The molecule has 23 heavy (non-hydrogen) atoms. The summed E-state index contributed by atoms with van der Waals surface area (Å²) < 4.78 is 18.2. The maximum absolute atomic E-state index is 12.9. The van der Waals surface area contributed by atoms with Gasteiger partial charge in [-0.15, -0.1) is 0 Å². The number of halogens is 1. The lowest BCUT2D eigenvalue weighted by atomic mass is 9.93. The SMILES string of the molecule is NC(=O)CC1CCN(Cc2nc(-c3ccc(F)cc3)no2)CC1. The Labute approximate surface area is 133 Å². The Morgan fingerprint density at radius 2 is 2.00 bits per heavy atom. The molecule has 0 bridgehead atoms. The van der Waals surface area contributed by atoms with E-state index < -0.39 is 0 Å². The number of carbonyl (C=O) groups is 1. The highest BCUT2D eigenvalue weighted by atomic mass is 19.1. The third kappa shape index (κ3) is 4.13. The molecule has 0 unspecified atom stereocenters. The molecule has 2 N–H and O–H groups in total. The second kappa shape index (κ2) is 6.87. The van der Waals surface area contributed by atoms with Crippen LogP contribution in [0.2, 0.25) is 0 Å². The van der Waals surface area contributed by atoms with Crippen molar-refractivity contribution in [2.75, 3.05) is 13.1 Å². The molecule has 0 spiro atoms. The van der Waals surface area contributed by atoms with Crippen molar-refractivity contribution in [3.05, 3.63) is 36.0 Å². The predicted octanol–water partition coefficient (Wildman–Crippen LogP) is 1.96. The first-order valence-electron chi connectivity index (χ1n) is 7.69. The van der Waals surface area contributed by atoms with Crippen molar-refractivity contribution in [3.8, 4) is 11.4 Å². The molecule has 6 nitrogen and oxygen atoms in total. The summed E-state index contributed by atoms with van der Waals surface area (Å²) in [7, 11) is 0. The number of likely N-dealkylation sites (tertiary alicyclic amines) is 1. The number of nitrogens with zero attached hydrogens (tertiary/aromatic N) is 3. The van der Waals surface area contributed by atoms with Crippen molar-refractivity contribution in [2.24, 2.45) is 11.7 Å². The van der Waals surface area contributed by atoms with Crippen LogP contribution in [0.3, 0.4) is 0 Å². The molecular weight excluding hydrogens is 299 g/mol.